The van der Waals surface area contributed by atoms with Crippen molar-refractivity contribution in [3.63, 3.8) is 0 Å². The van der Waals surface area contributed by atoms with Gasteiger partial charge in [0.2, 0.25) is 0 Å². The Bertz CT molecular complexity index is 652. The molecule has 1 aromatic rings. The Morgan fingerprint density at radius 2 is 1.96 bits per heavy atom. The highest BCUT2D eigenvalue weighted by Gasteiger charge is 2.32. The summed E-state index contributed by atoms with van der Waals surface area (Å²) in [7, 11) is 0. The number of halogens is 2. The molecule has 1 aromatic carbocycles. The van der Waals surface area contributed by atoms with Crippen LogP contribution >= 0.6 is 0 Å². The first kappa shape index (κ1) is 21.4. The van der Waals surface area contributed by atoms with Crippen LogP contribution < -0.4 is 5.32 Å². The zero-order valence-corrected chi connectivity index (χ0v) is 17.5. The fourth-order valence-electron chi connectivity index (χ4n) is 5.08. The molecule has 1 aliphatic heterocycles. The van der Waals surface area contributed by atoms with Crippen molar-refractivity contribution < 1.29 is 8.78 Å². The molecule has 2 unspecified atom stereocenters. The third-order valence-electron chi connectivity index (χ3n) is 6.70. The maximum absolute atomic E-state index is 13.8. The Labute approximate surface area is 169 Å². The summed E-state index contributed by atoms with van der Waals surface area (Å²) in [6.45, 7) is 7.41. The number of hydrogen-bond donors (Lipinski definition) is 1. The largest absolute Gasteiger partial charge is 0.313 e. The summed E-state index contributed by atoms with van der Waals surface area (Å²) in [5.74, 6) is -0.148. The number of likely N-dealkylation sites (tertiary alicyclic amines) is 1. The Balaban J connectivity index is 1.43. The fraction of sp³-hybridized carbons (Fsp3) is 0.667. The van der Waals surface area contributed by atoms with Gasteiger partial charge < -0.3 is 5.32 Å². The molecule has 156 valence electrons. The zero-order valence-electron chi connectivity index (χ0n) is 17.5. The molecule has 1 N–H and O–H groups in total. The van der Waals surface area contributed by atoms with Crippen molar-refractivity contribution in [2.24, 2.45) is 5.92 Å². The molecule has 2 fully saturated rings. The summed E-state index contributed by atoms with van der Waals surface area (Å²) >= 11 is 0. The lowest BCUT2D eigenvalue weighted by Gasteiger charge is -2.38. The summed E-state index contributed by atoms with van der Waals surface area (Å²) in [4.78, 5) is 2.77. The van der Waals surface area contributed by atoms with E-state index in [-0.39, 0.29) is 0 Å². The van der Waals surface area contributed by atoms with Crippen molar-refractivity contribution in [2.45, 2.75) is 77.3 Å². The van der Waals surface area contributed by atoms with Crippen LogP contribution in [0.15, 0.2) is 23.8 Å². The van der Waals surface area contributed by atoms with E-state index in [4.69, 9.17) is 0 Å². The molecule has 1 saturated carbocycles. The molecule has 1 heterocycles. The van der Waals surface area contributed by atoms with Gasteiger partial charge >= 0.3 is 0 Å². The average molecular weight is 391 g/mol. The molecule has 28 heavy (non-hydrogen) atoms. The lowest BCUT2D eigenvalue weighted by Crippen LogP contribution is -2.43. The van der Waals surface area contributed by atoms with E-state index >= 15 is 0 Å². The number of nitrogens with zero attached hydrogens (tertiary/aromatic N) is 1. The Kier molecular flexibility index (Phi) is 8.04. The second kappa shape index (κ2) is 10.5. The van der Waals surface area contributed by atoms with Gasteiger partial charge in [-0.15, -0.1) is 0 Å². The minimum atomic E-state index is -0.533. The van der Waals surface area contributed by atoms with Crippen molar-refractivity contribution in [1.29, 1.82) is 0 Å². The van der Waals surface area contributed by atoms with Gasteiger partial charge in [0.25, 0.3) is 0 Å². The molecule has 3 rings (SSSR count). The number of benzene rings is 1. The lowest BCUT2D eigenvalue weighted by atomic mass is 9.83. The molecular formula is C24H36F2N2. The Morgan fingerprint density at radius 1 is 1.18 bits per heavy atom. The normalized spacial score (nSPS) is 23.3. The Morgan fingerprint density at radius 3 is 2.71 bits per heavy atom. The molecule has 0 amide bonds. The zero-order chi connectivity index (χ0) is 19.9. The smallest absolute Gasteiger partial charge is 0.133 e. The average Bonchev–Trinajstić information content (AvgIpc) is 3.16. The standard InChI is InChI=1S/C24H36F2N2/c1-18(15-21-10-11-22(25)16-24(21)26)17-27-13-12-23-9-6-14-28(23)19(2)20-7-4-3-5-8-20/h10-11,15-16,19-20,23,27H,3-9,12-14,17H2,1-2H3. The number of nitrogens with one attached hydrogen (secondary N) is 1. The monoisotopic (exact) mass is 390 g/mol. The van der Waals surface area contributed by atoms with E-state index in [1.165, 1.54) is 70.0 Å². The minimum absolute atomic E-state index is 0.448. The van der Waals surface area contributed by atoms with E-state index in [1.54, 1.807) is 6.08 Å². The topological polar surface area (TPSA) is 15.3 Å². The van der Waals surface area contributed by atoms with Crippen molar-refractivity contribution in [3.8, 4) is 0 Å². The van der Waals surface area contributed by atoms with Gasteiger partial charge in [-0.3, -0.25) is 4.90 Å². The van der Waals surface area contributed by atoms with Crippen molar-refractivity contribution >= 4 is 6.08 Å². The second-order valence-corrected chi connectivity index (χ2v) is 8.79. The van der Waals surface area contributed by atoms with Gasteiger partial charge in [-0.05, 0) is 77.1 Å². The summed E-state index contributed by atoms with van der Waals surface area (Å²) in [6, 6.07) is 5.16. The van der Waals surface area contributed by atoms with E-state index in [0.29, 0.717) is 11.6 Å². The highest BCUT2D eigenvalue weighted by molar-refractivity contribution is 5.53. The summed E-state index contributed by atoms with van der Waals surface area (Å²) in [5, 5.41) is 3.51. The highest BCUT2D eigenvalue weighted by atomic mass is 19.1. The molecule has 2 aliphatic rings. The van der Waals surface area contributed by atoms with Gasteiger partial charge in [0, 0.05) is 30.3 Å². The summed E-state index contributed by atoms with van der Waals surface area (Å²) < 4.78 is 26.8. The second-order valence-electron chi connectivity index (χ2n) is 8.79. The van der Waals surface area contributed by atoms with Crippen molar-refractivity contribution in [2.75, 3.05) is 19.6 Å². The SMILES string of the molecule is CC(=Cc1ccc(F)cc1F)CNCCC1CCCN1C(C)C1CCCCC1. The van der Waals surface area contributed by atoms with Gasteiger partial charge in [0.05, 0.1) is 0 Å². The molecule has 2 atom stereocenters. The maximum atomic E-state index is 13.8. The van der Waals surface area contributed by atoms with Crippen LogP contribution in [0.25, 0.3) is 6.08 Å². The van der Waals surface area contributed by atoms with Gasteiger partial charge in [-0.25, -0.2) is 8.78 Å². The molecule has 0 bridgehead atoms. The van der Waals surface area contributed by atoms with Crippen LogP contribution in [0.1, 0.15) is 70.8 Å². The van der Waals surface area contributed by atoms with Gasteiger partial charge in [0.1, 0.15) is 11.6 Å². The van der Waals surface area contributed by atoms with Gasteiger partial charge in [-0.2, -0.15) is 0 Å². The van der Waals surface area contributed by atoms with E-state index in [9.17, 15) is 8.78 Å². The third-order valence-corrected chi connectivity index (χ3v) is 6.70. The van der Waals surface area contributed by atoms with Crippen LogP contribution in [0.2, 0.25) is 0 Å². The van der Waals surface area contributed by atoms with Crippen LogP contribution in [-0.2, 0) is 0 Å². The van der Waals surface area contributed by atoms with Crippen LogP contribution in [0.4, 0.5) is 8.78 Å². The fourth-order valence-corrected chi connectivity index (χ4v) is 5.08. The highest BCUT2D eigenvalue weighted by Crippen LogP contribution is 2.33. The minimum Gasteiger partial charge on any atom is -0.313 e. The first-order valence-corrected chi connectivity index (χ1v) is 11.1. The summed E-state index contributed by atoms with van der Waals surface area (Å²) in [6.07, 6.45) is 12.7. The first-order valence-electron chi connectivity index (χ1n) is 11.1. The molecule has 0 aromatic heterocycles. The van der Waals surface area contributed by atoms with Gasteiger partial charge in [0.15, 0.2) is 0 Å². The Hall–Kier alpha value is -1.26. The van der Waals surface area contributed by atoms with Crippen molar-refractivity contribution in [1.82, 2.24) is 10.2 Å². The number of rotatable bonds is 8. The van der Waals surface area contributed by atoms with E-state index in [0.717, 1.165) is 36.7 Å². The molecular weight excluding hydrogens is 354 g/mol. The predicted octanol–water partition coefficient (Wildman–Crippen LogP) is 5.78. The third kappa shape index (κ3) is 5.87. The quantitative estimate of drug-likeness (QED) is 0.566. The lowest BCUT2D eigenvalue weighted by molar-refractivity contribution is 0.113. The molecule has 4 heteroatoms. The van der Waals surface area contributed by atoms with E-state index < -0.39 is 11.6 Å². The molecule has 1 saturated heterocycles. The number of hydrogen-bond acceptors (Lipinski definition) is 2. The van der Waals surface area contributed by atoms with Crippen LogP contribution in [0, 0.1) is 17.6 Å². The van der Waals surface area contributed by atoms with Crippen molar-refractivity contribution in [3.05, 3.63) is 41.0 Å². The maximum Gasteiger partial charge on any atom is 0.133 e. The van der Waals surface area contributed by atoms with Gasteiger partial charge in [-0.1, -0.05) is 30.9 Å². The van der Waals surface area contributed by atoms with Crippen LogP contribution in [-0.4, -0.2) is 36.6 Å². The van der Waals surface area contributed by atoms with Crippen LogP contribution in [0.5, 0.6) is 0 Å². The van der Waals surface area contributed by atoms with E-state index in [2.05, 4.69) is 17.1 Å². The molecule has 2 nitrogen and oxygen atoms in total. The van der Waals surface area contributed by atoms with E-state index in [1.807, 2.05) is 6.92 Å². The molecule has 0 spiro atoms. The molecule has 0 radical (unpaired) electrons. The first-order chi connectivity index (χ1) is 13.5. The molecule has 1 aliphatic carbocycles. The predicted molar refractivity (Wildman–Crippen MR) is 113 cm³/mol. The summed E-state index contributed by atoms with van der Waals surface area (Å²) in [5.41, 5.74) is 1.51. The van der Waals surface area contributed by atoms with Crippen LogP contribution in [0.3, 0.4) is 0 Å².